The molecule has 0 aromatic rings. The fourth-order valence-corrected chi connectivity index (χ4v) is 9.80. The number of aliphatic hydroxyl groups is 1. The molecule has 1 unspecified atom stereocenters. The van der Waals surface area contributed by atoms with Crippen LogP contribution in [0, 0.1) is 0 Å². The highest BCUT2D eigenvalue weighted by atomic mass is 16.6. The topological polar surface area (TPSA) is 72.8 Å². The maximum absolute atomic E-state index is 12.3. The van der Waals surface area contributed by atoms with E-state index >= 15 is 0 Å². The van der Waals surface area contributed by atoms with Gasteiger partial charge in [-0.05, 0) is 12.8 Å². The van der Waals surface area contributed by atoms with E-state index in [0.29, 0.717) is 12.8 Å². The van der Waals surface area contributed by atoms with E-state index in [1.165, 1.54) is 302 Å². The predicted molar refractivity (Wildman–Crippen MR) is 289 cm³/mol. The molecule has 394 valence electrons. The van der Waals surface area contributed by atoms with Crippen molar-refractivity contribution >= 4 is 11.9 Å². The van der Waals surface area contributed by atoms with Crippen molar-refractivity contribution < 1.29 is 24.2 Å². The van der Waals surface area contributed by atoms with E-state index in [-0.39, 0.29) is 25.2 Å². The van der Waals surface area contributed by atoms with E-state index in [9.17, 15) is 14.7 Å². The second kappa shape index (κ2) is 58.2. The molecule has 5 nitrogen and oxygen atoms in total. The molecule has 1 N–H and O–H groups in total. The lowest BCUT2D eigenvalue weighted by Crippen LogP contribution is -2.28. The summed E-state index contributed by atoms with van der Waals surface area (Å²) in [6.45, 7) is 4.19. The first-order valence-electron chi connectivity index (χ1n) is 30.6. The lowest BCUT2D eigenvalue weighted by molar-refractivity contribution is -0.161. The van der Waals surface area contributed by atoms with E-state index in [1.807, 2.05) is 0 Å². The summed E-state index contributed by atoms with van der Waals surface area (Å²) in [5, 5.41) is 9.63. The second-order valence-electron chi connectivity index (χ2n) is 21.2. The molecule has 1 atom stereocenters. The first-order chi connectivity index (χ1) is 32.6. The molecule has 0 aliphatic carbocycles. The highest BCUT2D eigenvalue weighted by molar-refractivity contribution is 5.70. The van der Waals surface area contributed by atoms with Crippen LogP contribution in [0.25, 0.3) is 0 Å². The molecular weight excluding hydrogens is 813 g/mol. The number of unbranched alkanes of at least 4 members (excludes halogenated alkanes) is 50. The lowest BCUT2D eigenvalue weighted by atomic mass is 10.0. The third kappa shape index (κ3) is 55.5. The van der Waals surface area contributed by atoms with Gasteiger partial charge >= 0.3 is 11.9 Å². The van der Waals surface area contributed by atoms with Gasteiger partial charge in [0.25, 0.3) is 0 Å². The van der Waals surface area contributed by atoms with Crippen LogP contribution in [0.3, 0.4) is 0 Å². The van der Waals surface area contributed by atoms with Crippen molar-refractivity contribution in [3.05, 3.63) is 0 Å². The van der Waals surface area contributed by atoms with Crippen LogP contribution in [0.15, 0.2) is 0 Å². The van der Waals surface area contributed by atoms with E-state index < -0.39 is 6.10 Å². The molecular formula is C61H120O5. The van der Waals surface area contributed by atoms with Gasteiger partial charge in [-0.25, -0.2) is 0 Å². The van der Waals surface area contributed by atoms with Crippen molar-refractivity contribution in [2.24, 2.45) is 0 Å². The standard InChI is InChI=1S/C61H120O5/c1-3-5-7-9-11-13-15-17-18-19-20-21-22-23-24-25-26-27-28-29-30-31-32-33-34-35-36-37-38-39-40-41-42-44-46-48-50-52-54-56-61(64)66-59(57-62)58-65-60(63)55-53-51-49-47-45-43-16-14-12-10-8-6-4-2/h59,62H,3-58H2,1-2H3. The summed E-state index contributed by atoms with van der Waals surface area (Å²) in [4.78, 5) is 24.4. The van der Waals surface area contributed by atoms with Gasteiger partial charge in [0.2, 0.25) is 0 Å². The number of hydrogen-bond acceptors (Lipinski definition) is 5. The highest BCUT2D eigenvalue weighted by Gasteiger charge is 2.16. The molecule has 0 radical (unpaired) electrons. The monoisotopic (exact) mass is 933 g/mol. The zero-order chi connectivity index (χ0) is 47.7. The van der Waals surface area contributed by atoms with Crippen molar-refractivity contribution in [3.63, 3.8) is 0 Å². The summed E-state index contributed by atoms with van der Waals surface area (Å²) in [7, 11) is 0. The van der Waals surface area contributed by atoms with Crippen LogP contribution in [0.4, 0.5) is 0 Å². The van der Waals surface area contributed by atoms with E-state index in [0.717, 1.165) is 32.1 Å². The highest BCUT2D eigenvalue weighted by Crippen LogP contribution is 2.19. The summed E-state index contributed by atoms with van der Waals surface area (Å²) >= 11 is 0. The van der Waals surface area contributed by atoms with Gasteiger partial charge in [-0.2, -0.15) is 0 Å². The predicted octanol–water partition coefficient (Wildman–Crippen LogP) is 20.5. The Morgan fingerprint density at radius 2 is 0.470 bits per heavy atom. The van der Waals surface area contributed by atoms with E-state index in [4.69, 9.17) is 9.47 Å². The van der Waals surface area contributed by atoms with Gasteiger partial charge < -0.3 is 14.6 Å². The van der Waals surface area contributed by atoms with Gasteiger partial charge in [-0.3, -0.25) is 9.59 Å². The molecule has 0 amide bonds. The number of rotatable bonds is 58. The van der Waals surface area contributed by atoms with Crippen LogP contribution in [0.5, 0.6) is 0 Å². The van der Waals surface area contributed by atoms with Gasteiger partial charge in [-0.15, -0.1) is 0 Å². The second-order valence-corrected chi connectivity index (χ2v) is 21.2. The molecule has 0 aliphatic rings. The summed E-state index contributed by atoms with van der Waals surface area (Å²) < 4.78 is 10.7. The molecule has 0 rings (SSSR count). The Balaban J connectivity index is 3.31. The van der Waals surface area contributed by atoms with E-state index in [2.05, 4.69) is 13.8 Å². The molecule has 0 fully saturated rings. The molecule has 0 aliphatic heterocycles. The van der Waals surface area contributed by atoms with Crippen LogP contribution in [-0.2, 0) is 19.1 Å². The third-order valence-electron chi connectivity index (χ3n) is 14.4. The average Bonchev–Trinajstić information content (AvgIpc) is 3.32. The zero-order valence-electron chi connectivity index (χ0n) is 45.3. The van der Waals surface area contributed by atoms with Crippen molar-refractivity contribution in [2.75, 3.05) is 13.2 Å². The van der Waals surface area contributed by atoms with E-state index in [1.54, 1.807) is 0 Å². The third-order valence-corrected chi connectivity index (χ3v) is 14.4. The van der Waals surface area contributed by atoms with Crippen molar-refractivity contribution in [1.29, 1.82) is 0 Å². The maximum Gasteiger partial charge on any atom is 0.306 e. The number of esters is 2. The lowest BCUT2D eigenvalue weighted by Gasteiger charge is -2.15. The van der Waals surface area contributed by atoms with Gasteiger partial charge in [0, 0.05) is 12.8 Å². The Morgan fingerprint density at radius 3 is 0.667 bits per heavy atom. The SMILES string of the molecule is CCCCCCCCCCCCCCCCCCCCCCCCCCCCCCCCCCCCCCCCCC(=O)OC(CO)COC(=O)CCCCCCCCCCCCCCC. The fraction of sp³-hybridized carbons (Fsp3) is 0.967. The number of carbonyl (C=O) groups excluding carboxylic acids is 2. The van der Waals surface area contributed by atoms with Crippen LogP contribution < -0.4 is 0 Å². The molecule has 0 aromatic carbocycles. The summed E-state index contributed by atoms with van der Waals surface area (Å²) in [6, 6.07) is 0. The number of hydrogen-bond donors (Lipinski definition) is 1. The first kappa shape index (κ1) is 64.9. The van der Waals surface area contributed by atoms with Crippen LogP contribution >= 0.6 is 0 Å². The number of aliphatic hydroxyl groups excluding tert-OH is 1. The van der Waals surface area contributed by atoms with Crippen molar-refractivity contribution in [1.82, 2.24) is 0 Å². The molecule has 66 heavy (non-hydrogen) atoms. The molecule has 0 spiro atoms. The van der Waals surface area contributed by atoms with Gasteiger partial charge in [0.1, 0.15) is 6.61 Å². The number of carbonyl (C=O) groups is 2. The Bertz CT molecular complexity index is 921. The van der Waals surface area contributed by atoms with Crippen molar-refractivity contribution in [2.45, 2.75) is 367 Å². The molecule has 0 saturated carbocycles. The molecule has 0 heterocycles. The summed E-state index contributed by atoms with van der Waals surface area (Å²) in [5.41, 5.74) is 0. The first-order valence-corrected chi connectivity index (χ1v) is 30.6. The summed E-state index contributed by atoms with van der Waals surface area (Å²) in [5.74, 6) is -0.567. The van der Waals surface area contributed by atoms with Crippen LogP contribution in [0.2, 0.25) is 0 Å². The van der Waals surface area contributed by atoms with Gasteiger partial charge in [-0.1, -0.05) is 335 Å². The smallest absolute Gasteiger partial charge is 0.306 e. The molecule has 0 bridgehead atoms. The zero-order valence-corrected chi connectivity index (χ0v) is 45.3. The van der Waals surface area contributed by atoms with Crippen LogP contribution in [0.1, 0.15) is 361 Å². The fourth-order valence-electron chi connectivity index (χ4n) is 9.80. The Morgan fingerprint density at radius 1 is 0.288 bits per heavy atom. The quantitative estimate of drug-likeness (QED) is 0.0486. The minimum Gasteiger partial charge on any atom is -0.462 e. The maximum atomic E-state index is 12.3. The molecule has 0 aromatic heterocycles. The average molecular weight is 934 g/mol. The molecule has 0 saturated heterocycles. The Labute approximate surface area is 414 Å². The normalized spacial score (nSPS) is 12.0. The minimum atomic E-state index is -0.763. The number of ether oxygens (including phenoxy) is 2. The largest absolute Gasteiger partial charge is 0.462 e. The Hall–Kier alpha value is -1.10. The van der Waals surface area contributed by atoms with Crippen LogP contribution in [-0.4, -0.2) is 36.4 Å². The Kier molecular flexibility index (Phi) is 57.2. The minimum absolute atomic E-state index is 0.0563. The summed E-state index contributed by atoms with van der Waals surface area (Å²) in [6.07, 6.45) is 71.3. The van der Waals surface area contributed by atoms with Gasteiger partial charge in [0.15, 0.2) is 6.10 Å². The van der Waals surface area contributed by atoms with Gasteiger partial charge in [0.05, 0.1) is 6.61 Å². The molecule has 5 heteroatoms. The van der Waals surface area contributed by atoms with Crippen molar-refractivity contribution in [3.8, 4) is 0 Å².